The van der Waals surface area contributed by atoms with Gasteiger partial charge < -0.3 is 25.4 Å². The van der Waals surface area contributed by atoms with Crippen molar-refractivity contribution in [1.82, 2.24) is 19.9 Å². The standard InChI is InChI=1S/C23H32N6O2/c1-5-29(6-2)10-8-7-9-25-22-20(13-17-15-26-23(24)28-21(17)27-22)16-11-18(30-3)14-19(12-16)31-4/h11-15H,5-10H2,1-4H3,(H3,24,25,26,27,28). The Labute approximate surface area is 183 Å². The van der Waals surface area contributed by atoms with Gasteiger partial charge in [-0.05, 0) is 56.2 Å². The second-order valence-electron chi connectivity index (χ2n) is 7.29. The Balaban J connectivity index is 1.89. The van der Waals surface area contributed by atoms with E-state index in [0.29, 0.717) is 17.1 Å². The molecule has 0 unspecified atom stereocenters. The lowest BCUT2D eigenvalue weighted by Crippen LogP contribution is -2.24. The summed E-state index contributed by atoms with van der Waals surface area (Å²) in [5.41, 5.74) is 8.21. The summed E-state index contributed by atoms with van der Waals surface area (Å²) in [5.74, 6) is 2.39. The molecule has 0 radical (unpaired) electrons. The second-order valence-corrected chi connectivity index (χ2v) is 7.29. The van der Waals surface area contributed by atoms with Gasteiger partial charge in [0.2, 0.25) is 5.95 Å². The third-order valence-electron chi connectivity index (χ3n) is 5.34. The van der Waals surface area contributed by atoms with Crippen LogP contribution in [0, 0.1) is 0 Å². The second kappa shape index (κ2) is 10.8. The van der Waals surface area contributed by atoms with Crippen LogP contribution in [0.2, 0.25) is 0 Å². The first-order valence-electron chi connectivity index (χ1n) is 10.7. The monoisotopic (exact) mass is 424 g/mol. The number of nitrogens with one attached hydrogen (secondary N) is 1. The molecule has 166 valence electrons. The first-order chi connectivity index (χ1) is 15.1. The summed E-state index contributed by atoms with van der Waals surface area (Å²) in [7, 11) is 3.28. The van der Waals surface area contributed by atoms with Gasteiger partial charge in [-0.2, -0.15) is 4.98 Å². The molecule has 0 fully saturated rings. The number of pyridine rings is 1. The van der Waals surface area contributed by atoms with Gasteiger partial charge >= 0.3 is 0 Å². The van der Waals surface area contributed by atoms with E-state index < -0.39 is 0 Å². The molecule has 3 aromatic rings. The third kappa shape index (κ3) is 5.73. The normalized spacial score (nSPS) is 11.1. The molecule has 8 nitrogen and oxygen atoms in total. The van der Waals surface area contributed by atoms with Crippen LogP contribution in [-0.2, 0) is 0 Å². The summed E-state index contributed by atoms with van der Waals surface area (Å²) in [4.78, 5) is 15.6. The molecule has 0 saturated heterocycles. The minimum Gasteiger partial charge on any atom is -0.497 e. The van der Waals surface area contributed by atoms with Gasteiger partial charge in [0.15, 0.2) is 5.65 Å². The molecule has 0 aliphatic carbocycles. The van der Waals surface area contributed by atoms with Crippen molar-refractivity contribution in [3.63, 3.8) is 0 Å². The fourth-order valence-electron chi connectivity index (χ4n) is 3.50. The van der Waals surface area contributed by atoms with Crippen LogP contribution in [0.3, 0.4) is 0 Å². The molecule has 31 heavy (non-hydrogen) atoms. The zero-order valence-corrected chi connectivity index (χ0v) is 18.8. The lowest BCUT2D eigenvalue weighted by atomic mass is 10.0. The number of fused-ring (bicyclic) bond motifs is 1. The van der Waals surface area contributed by atoms with Gasteiger partial charge in [0, 0.05) is 29.8 Å². The number of nitrogen functional groups attached to an aromatic ring is 1. The summed E-state index contributed by atoms with van der Waals surface area (Å²) in [6.07, 6.45) is 3.86. The minimum absolute atomic E-state index is 0.209. The molecule has 0 aliphatic heterocycles. The molecule has 1 aromatic carbocycles. The molecule has 3 N–H and O–H groups in total. The quantitative estimate of drug-likeness (QED) is 0.448. The van der Waals surface area contributed by atoms with E-state index >= 15 is 0 Å². The van der Waals surface area contributed by atoms with Crippen molar-refractivity contribution >= 4 is 22.8 Å². The van der Waals surface area contributed by atoms with Gasteiger partial charge in [0.05, 0.1) is 14.2 Å². The average Bonchev–Trinajstić information content (AvgIpc) is 2.80. The molecule has 0 amide bonds. The topological polar surface area (TPSA) is 98.4 Å². The third-order valence-corrected chi connectivity index (χ3v) is 5.34. The van der Waals surface area contributed by atoms with Crippen LogP contribution in [0.4, 0.5) is 11.8 Å². The van der Waals surface area contributed by atoms with E-state index in [1.165, 1.54) is 0 Å². The minimum atomic E-state index is 0.209. The number of benzene rings is 1. The van der Waals surface area contributed by atoms with Crippen molar-refractivity contribution in [2.75, 3.05) is 51.4 Å². The zero-order chi connectivity index (χ0) is 22.2. The van der Waals surface area contributed by atoms with Gasteiger partial charge in [-0.15, -0.1) is 0 Å². The number of hydrogen-bond acceptors (Lipinski definition) is 8. The van der Waals surface area contributed by atoms with Crippen molar-refractivity contribution in [3.05, 3.63) is 30.5 Å². The Kier molecular flexibility index (Phi) is 7.83. The van der Waals surface area contributed by atoms with Crippen molar-refractivity contribution in [2.45, 2.75) is 26.7 Å². The SMILES string of the molecule is CCN(CC)CCCCNc1nc2nc(N)ncc2cc1-c1cc(OC)cc(OC)c1. The highest BCUT2D eigenvalue weighted by atomic mass is 16.5. The Bertz CT molecular complexity index is 985. The van der Waals surface area contributed by atoms with Crippen LogP contribution in [0.25, 0.3) is 22.2 Å². The first-order valence-corrected chi connectivity index (χ1v) is 10.7. The molecule has 0 spiro atoms. The van der Waals surface area contributed by atoms with Crippen LogP contribution in [-0.4, -0.2) is 60.3 Å². The molecule has 0 saturated carbocycles. The van der Waals surface area contributed by atoms with Gasteiger partial charge in [-0.25, -0.2) is 9.97 Å². The molecule has 0 atom stereocenters. The predicted octanol–water partition coefficient (Wildman–Crippen LogP) is 3.83. The number of unbranched alkanes of at least 4 members (excludes halogenated alkanes) is 1. The number of methoxy groups -OCH3 is 2. The maximum atomic E-state index is 5.77. The molecule has 3 rings (SSSR count). The van der Waals surface area contributed by atoms with E-state index in [4.69, 9.17) is 20.2 Å². The van der Waals surface area contributed by atoms with Crippen LogP contribution < -0.4 is 20.5 Å². The lowest BCUT2D eigenvalue weighted by Gasteiger charge is -2.18. The Morgan fingerprint density at radius 1 is 0.968 bits per heavy atom. The van der Waals surface area contributed by atoms with E-state index in [0.717, 1.165) is 61.4 Å². The fraction of sp³-hybridized carbons (Fsp3) is 0.435. The Morgan fingerprint density at radius 2 is 1.68 bits per heavy atom. The van der Waals surface area contributed by atoms with Crippen LogP contribution in [0.1, 0.15) is 26.7 Å². The Morgan fingerprint density at radius 3 is 2.32 bits per heavy atom. The summed E-state index contributed by atoms with van der Waals surface area (Å²) in [5, 5.41) is 4.31. The van der Waals surface area contributed by atoms with Crippen molar-refractivity contribution in [2.24, 2.45) is 0 Å². The van der Waals surface area contributed by atoms with E-state index in [-0.39, 0.29) is 5.95 Å². The fourth-order valence-corrected chi connectivity index (χ4v) is 3.50. The molecule has 2 heterocycles. The van der Waals surface area contributed by atoms with Crippen molar-refractivity contribution in [3.8, 4) is 22.6 Å². The van der Waals surface area contributed by atoms with E-state index in [1.807, 2.05) is 24.3 Å². The molecule has 0 bridgehead atoms. The molecule has 0 aliphatic rings. The summed E-state index contributed by atoms with van der Waals surface area (Å²) in [6.45, 7) is 8.47. The van der Waals surface area contributed by atoms with Gasteiger partial charge in [0.25, 0.3) is 0 Å². The van der Waals surface area contributed by atoms with E-state index in [2.05, 4.69) is 34.0 Å². The van der Waals surface area contributed by atoms with Gasteiger partial charge in [-0.3, -0.25) is 0 Å². The number of rotatable bonds is 11. The number of aromatic nitrogens is 3. The van der Waals surface area contributed by atoms with E-state index in [9.17, 15) is 0 Å². The predicted molar refractivity (Wildman–Crippen MR) is 126 cm³/mol. The molecular weight excluding hydrogens is 392 g/mol. The maximum absolute atomic E-state index is 5.77. The Hall–Kier alpha value is -3.13. The highest BCUT2D eigenvalue weighted by molar-refractivity contribution is 5.88. The highest BCUT2D eigenvalue weighted by Crippen LogP contribution is 2.35. The summed E-state index contributed by atoms with van der Waals surface area (Å²) in [6, 6.07) is 7.81. The van der Waals surface area contributed by atoms with Gasteiger partial charge in [-0.1, -0.05) is 13.8 Å². The van der Waals surface area contributed by atoms with Gasteiger partial charge in [0.1, 0.15) is 17.3 Å². The number of ether oxygens (including phenoxy) is 2. The average molecular weight is 425 g/mol. The molecular formula is C23H32N6O2. The molecule has 2 aromatic heterocycles. The molecule has 8 heteroatoms. The van der Waals surface area contributed by atoms with Crippen molar-refractivity contribution < 1.29 is 9.47 Å². The number of nitrogens with zero attached hydrogens (tertiary/aromatic N) is 4. The van der Waals surface area contributed by atoms with Crippen LogP contribution in [0.5, 0.6) is 11.5 Å². The summed E-state index contributed by atoms with van der Waals surface area (Å²) >= 11 is 0. The highest BCUT2D eigenvalue weighted by Gasteiger charge is 2.13. The number of nitrogens with two attached hydrogens (primary N) is 1. The first kappa shape index (κ1) is 22.6. The summed E-state index contributed by atoms with van der Waals surface area (Å²) < 4.78 is 10.9. The number of anilines is 2. The van der Waals surface area contributed by atoms with E-state index in [1.54, 1.807) is 20.4 Å². The zero-order valence-electron chi connectivity index (χ0n) is 18.8. The van der Waals surface area contributed by atoms with Crippen molar-refractivity contribution in [1.29, 1.82) is 0 Å². The van der Waals surface area contributed by atoms with Crippen LogP contribution >= 0.6 is 0 Å². The maximum Gasteiger partial charge on any atom is 0.222 e. The lowest BCUT2D eigenvalue weighted by molar-refractivity contribution is 0.298. The van der Waals surface area contributed by atoms with Crippen LogP contribution in [0.15, 0.2) is 30.5 Å². The number of hydrogen-bond donors (Lipinski definition) is 2. The largest absolute Gasteiger partial charge is 0.497 e. The smallest absolute Gasteiger partial charge is 0.222 e.